The predicted octanol–water partition coefficient (Wildman–Crippen LogP) is 3.74. The normalized spacial score (nSPS) is 18.9. The number of benzene rings is 1. The molecule has 1 atom stereocenters. The third kappa shape index (κ3) is 6.05. The summed E-state index contributed by atoms with van der Waals surface area (Å²) in [6.45, 7) is 6.85. The molecule has 4 heterocycles. The summed E-state index contributed by atoms with van der Waals surface area (Å²) < 4.78 is 11.1. The number of amides is 1. The summed E-state index contributed by atoms with van der Waals surface area (Å²) >= 11 is 0. The van der Waals surface area contributed by atoms with E-state index in [0.29, 0.717) is 30.4 Å². The van der Waals surface area contributed by atoms with Gasteiger partial charge in [0.25, 0.3) is 0 Å². The van der Waals surface area contributed by atoms with Gasteiger partial charge in [0.1, 0.15) is 11.6 Å². The molecule has 0 radical (unpaired) electrons. The number of anilines is 1. The number of rotatable bonds is 8. The Labute approximate surface area is 212 Å². The zero-order chi connectivity index (χ0) is 24.7. The Hall–Kier alpha value is -3.39. The van der Waals surface area contributed by atoms with Crippen molar-refractivity contribution in [3.05, 3.63) is 60.7 Å². The number of methoxy groups -OCH3 is 1. The van der Waals surface area contributed by atoms with Crippen LogP contribution in [0, 0.1) is 5.92 Å². The van der Waals surface area contributed by atoms with Crippen LogP contribution in [0.1, 0.15) is 25.2 Å². The van der Waals surface area contributed by atoms with E-state index in [1.54, 1.807) is 13.3 Å². The van der Waals surface area contributed by atoms with Crippen LogP contribution in [-0.2, 0) is 11.2 Å². The number of piperidine rings is 1. The minimum Gasteiger partial charge on any atom is -0.497 e. The first-order valence-corrected chi connectivity index (χ1v) is 12.9. The molecule has 5 rings (SSSR count). The molecule has 190 valence electrons. The molecule has 2 fully saturated rings. The van der Waals surface area contributed by atoms with Crippen molar-refractivity contribution in [3.8, 4) is 17.1 Å². The number of aromatic nitrogens is 2. The third-order valence-electron chi connectivity index (χ3n) is 7.21. The molecule has 8 nitrogen and oxygen atoms in total. The van der Waals surface area contributed by atoms with Crippen molar-refractivity contribution in [2.24, 2.45) is 5.92 Å². The lowest BCUT2D eigenvalue weighted by molar-refractivity contribution is -0.133. The lowest BCUT2D eigenvalue weighted by atomic mass is 9.96. The summed E-state index contributed by atoms with van der Waals surface area (Å²) in [4.78, 5) is 28.8. The van der Waals surface area contributed by atoms with E-state index in [2.05, 4.69) is 25.8 Å². The van der Waals surface area contributed by atoms with Crippen molar-refractivity contribution in [2.45, 2.75) is 25.7 Å². The van der Waals surface area contributed by atoms with Crippen molar-refractivity contribution in [2.75, 3.05) is 57.8 Å². The van der Waals surface area contributed by atoms with Crippen LogP contribution < -0.4 is 9.64 Å². The highest BCUT2D eigenvalue weighted by atomic mass is 16.5. The monoisotopic (exact) mass is 489 g/mol. The van der Waals surface area contributed by atoms with Crippen LogP contribution in [0.4, 0.5) is 5.82 Å². The van der Waals surface area contributed by atoms with E-state index < -0.39 is 0 Å². The average molecular weight is 490 g/mol. The Morgan fingerprint density at radius 1 is 1.06 bits per heavy atom. The van der Waals surface area contributed by atoms with E-state index in [1.165, 1.54) is 6.42 Å². The van der Waals surface area contributed by atoms with E-state index in [4.69, 9.17) is 9.15 Å². The average Bonchev–Trinajstić information content (AvgIpc) is 3.42. The topological polar surface area (TPSA) is 74.9 Å². The molecular weight excluding hydrogens is 454 g/mol. The quantitative estimate of drug-likeness (QED) is 0.477. The summed E-state index contributed by atoms with van der Waals surface area (Å²) in [6, 6.07) is 13.8. The Morgan fingerprint density at radius 2 is 1.89 bits per heavy atom. The van der Waals surface area contributed by atoms with Crippen LogP contribution in [0.3, 0.4) is 0 Å². The van der Waals surface area contributed by atoms with Crippen molar-refractivity contribution < 1.29 is 13.9 Å². The molecule has 0 bridgehead atoms. The lowest BCUT2D eigenvalue weighted by Gasteiger charge is -2.39. The molecule has 3 aromatic rings. The van der Waals surface area contributed by atoms with Crippen molar-refractivity contribution in [3.63, 3.8) is 0 Å². The minimum atomic E-state index is 0.198. The molecular formula is C28H35N5O3. The van der Waals surface area contributed by atoms with Crippen LogP contribution in [-0.4, -0.2) is 78.6 Å². The highest BCUT2D eigenvalue weighted by Gasteiger charge is 2.27. The largest absolute Gasteiger partial charge is 0.497 e. The SMILES string of the molecule is COc1ccc(-c2cnc(CCC(=O)N3CCCC(CN4CCN(c5ccccn5)CC4)C3)o2)cc1. The molecule has 1 unspecified atom stereocenters. The number of likely N-dealkylation sites (tertiary alicyclic amines) is 1. The lowest BCUT2D eigenvalue weighted by Crippen LogP contribution is -2.50. The second-order valence-corrected chi connectivity index (χ2v) is 9.67. The first-order chi connectivity index (χ1) is 17.7. The van der Waals surface area contributed by atoms with Gasteiger partial charge in [0.15, 0.2) is 11.7 Å². The second kappa shape index (κ2) is 11.6. The zero-order valence-electron chi connectivity index (χ0n) is 21.0. The number of hydrogen-bond acceptors (Lipinski definition) is 7. The number of hydrogen-bond donors (Lipinski definition) is 0. The van der Waals surface area contributed by atoms with Gasteiger partial charge in [-0.1, -0.05) is 6.07 Å². The Balaban J connectivity index is 1.07. The molecule has 0 spiro atoms. The molecule has 0 N–H and O–H groups in total. The summed E-state index contributed by atoms with van der Waals surface area (Å²) in [5.74, 6) is 3.91. The van der Waals surface area contributed by atoms with E-state index in [9.17, 15) is 4.79 Å². The second-order valence-electron chi connectivity index (χ2n) is 9.67. The molecule has 0 saturated carbocycles. The molecule has 1 aromatic carbocycles. The number of aryl methyl sites for hydroxylation is 1. The highest BCUT2D eigenvalue weighted by molar-refractivity contribution is 5.76. The van der Waals surface area contributed by atoms with Gasteiger partial charge in [0.05, 0.1) is 13.3 Å². The van der Waals surface area contributed by atoms with Gasteiger partial charge in [-0.3, -0.25) is 9.69 Å². The molecule has 0 aliphatic carbocycles. The maximum atomic E-state index is 13.0. The molecule has 1 amide bonds. The summed E-state index contributed by atoms with van der Waals surface area (Å²) in [7, 11) is 1.65. The molecule has 2 aliphatic rings. The smallest absolute Gasteiger partial charge is 0.223 e. The van der Waals surface area contributed by atoms with Gasteiger partial charge in [-0.05, 0) is 55.2 Å². The standard InChI is InChI=1S/C28H35N5O3/c1-35-24-9-7-23(8-10-24)25-19-30-27(36-25)11-12-28(34)33-14-4-5-22(21-33)20-31-15-17-32(18-16-31)26-6-2-3-13-29-26/h2-3,6-10,13,19,22H,4-5,11-12,14-18,20-21H2,1H3. The first kappa shape index (κ1) is 24.3. The Morgan fingerprint density at radius 3 is 2.64 bits per heavy atom. The number of carbonyl (C=O) groups is 1. The maximum absolute atomic E-state index is 13.0. The van der Waals surface area contributed by atoms with Crippen LogP contribution in [0.25, 0.3) is 11.3 Å². The van der Waals surface area contributed by atoms with Gasteiger partial charge < -0.3 is 19.0 Å². The fraction of sp³-hybridized carbons (Fsp3) is 0.464. The van der Waals surface area contributed by atoms with E-state index in [1.807, 2.05) is 47.5 Å². The number of carbonyl (C=O) groups excluding carboxylic acids is 1. The van der Waals surface area contributed by atoms with E-state index in [-0.39, 0.29) is 5.91 Å². The van der Waals surface area contributed by atoms with Crippen LogP contribution in [0.15, 0.2) is 59.3 Å². The zero-order valence-corrected chi connectivity index (χ0v) is 21.0. The summed E-state index contributed by atoms with van der Waals surface area (Å²) in [6.07, 6.45) is 6.80. The molecule has 36 heavy (non-hydrogen) atoms. The van der Waals surface area contributed by atoms with Crippen molar-refractivity contribution in [1.82, 2.24) is 19.8 Å². The van der Waals surface area contributed by atoms with Gasteiger partial charge >= 0.3 is 0 Å². The van der Waals surface area contributed by atoms with Crippen molar-refractivity contribution >= 4 is 11.7 Å². The molecule has 8 heteroatoms. The molecule has 2 saturated heterocycles. The predicted molar refractivity (Wildman–Crippen MR) is 139 cm³/mol. The van der Waals surface area contributed by atoms with Crippen molar-refractivity contribution in [1.29, 1.82) is 0 Å². The number of nitrogens with zero attached hydrogens (tertiary/aromatic N) is 5. The van der Waals surface area contributed by atoms with Crippen LogP contribution in [0.2, 0.25) is 0 Å². The highest BCUT2D eigenvalue weighted by Crippen LogP contribution is 2.24. The fourth-order valence-corrected chi connectivity index (χ4v) is 5.19. The molecule has 2 aromatic heterocycles. The van der Waals surface area contributed by atoms with Gasteiger partial charge in [-0.15, -0.1) is 0 Å². The number of pyridine rings is 1. The first-order valence-electron chi connectivity index (χ1n) is 12.9. The van der Waals surface area contributed by atoms with Gasteiger partial charge in [-0.25, -0.2) is 9.97 Å². The van der Waals surface area contributed by atoms with E-state index >= 15 is 0 Å². The van der Waals surface area contributed by atoms with Gasteiger partial charge in [-0.2, -0.15) is 0 Å². The van der Waals surface area contributed by atoms with Gasteiger partial charge in [0, 0.05) is 70.4 Å². The third-order valence-corrected chi connectivity index (χ3v) is 7.21. The van der Waals surface area contributed by atoms with E-state index in [0.717, 1.165) is 69.4 Å². The Kier molecular flexibility index (Phi) is 7.81. The van der Waals surface area contributed by atoms with Gasteiger partial charge in [0.2, 0.25) is 5.91 Å². The number of piperazine rings is 1. The molecule has 2 aliphatic heterocycles. The minimum absolute atomic E-state index is 0.198. The Bertz CT molecular complexity index is 1110. The fourth-order valence-electron chi connectivity index (χ4n) is 5.19. The number of ether oxygens (including phenoxy) is 1. The summed E-state index contributed by atoms with van der Waals surface area (Å²) in [5.41, 5.74) is 0.945. The number of oxazole rings is 1. The summed E-state index contributed by atoms with van der Waals surface area (Å²) in [5, 5.41) is 0. The maximum Gasteiger partial charge on any atom is 0.223 e. The van der Waals surface area contributed by atoms with Crippen LogP contribution >= 0.6 is 0 Å². The van der Waals surface area contributed by atoms with Crippen LogP contribution in [0.5, 0.6) is 5.75 Å².